The molecular formula is C31H30N4O7. The van der Waals surface area contributed by atoms with Crippen molar-refractivity contribution in [3.8, 4) is 0 Å². The van der Waals surface area contributed by atoms with Gasteiger partial charge in [0.2, 0.25) is 11.8 Å². The Morgan fingerprint density at radius 3 is 2.24 bits per heavy atom. The predicted octanol–water partition coefficient (Wildman–Crippen LogP) is 1.87. The van der Waals surface area contributed by atoms with Crippen LogP contribution in [-0.2, 0) is 30.4 Å². The first-order valence-electron chi connectivity index (χ1n) is 13.2. The van der Waals surface area contributed by atoms with E-state index in [0.717, 1.165) is 16.0 Å². The van der Waals surface area contributed by atoms with Crippen molar-refractivity contribution in [2.24, 2.45) is 0 Å². The molecule has 0 spiro atoms. The molecule has 1 heterocycles. The number of aliphatic carboxylic acids is 1. The average Bonchev–Trinajstić information content (AvgIpc) is 3.09. The van der Waals surface area contributed by atoms with Crippen LogP contribution in [0.2, 0.25) is 0 Å². The summed E-state index contributed by atoms with van der Waals surface area (Å²) in [5.41, 5.74) is 2.70. The van der Waals surface area contributed by atoms with Crippen LogP contribution in [0.15, 0.2) is 78.9 Å². The molecule has 1 aliphatic rings. The maximum absolute atomic E-state index is 13.9. The number of amides is 4. The summed E-state index contributed by atoms with van der Waals surface area (Å²) in [6.07, 6.45) is -0.297. The Bertz CT molecular complexity index is 1490. The van der Waals surface area contributed by atoms with Crippen LogP contribution in [0.3, 0.4) is 0 Å². The molecule has 0 saturated carbocycles. The number of hydrogen-bond acceptors (Lipinski definition) is 6. The van der Waals surface area contributed by atoms with Gasteiger partial charge in [-0.2, -0.15) is 0 Å². The first-order chi connectivity index (χ1) is 20.2. The van der Waals surface area contributed by atoms with Crippen molar-refractivity contribution in [2.45, 2.75) is 31.8 Å². The van der Waals surface area contributed by atoms with E-state index in [0.29, 0.717) is 17.5 Å². The van der Waals surface area contributed by atoms with Crippen molar-refractivity contribution in [1.29, 1.82) is 0 Å². The molecule has 0 fully saturated rings. The van der Waals surface area contributed by atoms with Gasteiger partial charge in [0.1, 0.15) is 18.9 Å². The van der Waals surface area contributed by atoms with Gasteiger partial charge in [-0.15, -0.1) is 0 Å². The van der Waals surface area contributed by atoms with Gasteiger partial charge in [-0.05, 0) is 36.8 Å². The number of aldehydes is 1. The Balaban J connectivity index is 1.69. The fourth-order valence-corrected chi connectivity index (χ4v) is 4.62. The Morgan fingerprint density at radius 1 is 0.952 bits per heavy atom. The highest BCUT2D eigenvalue weighted by Crippen LogP contribution is 2.33. The number of aryl methyl sites for hydroxylation is 1. The highest BCUT2D eigenvalue weighted by molar-refractivity contribution is 6.11. The summed E-state index contributed by atoms with van der Waals surface area (Å²) in [7, 11) is 0. The number of anilines is 2. The van der Waals surface area contributed by atoms with Gasteiger partial charge >= 0.3 is 5.97 Å². The normalized spacial score (nSPS) is 15.2. The Hall–Kier alpha value is -5.32. The largest absolute Gasteiger partial charge is 0.481 e. The van der Waals surface area contributed by atoms with E-state index in [-0.39, 0.29) is 24.6 Å². The molecule has 0 radical (unpaired) electrons. The van der Waals surface area contributed by atoms with Crippen molar-refractivity contribution < 1.29 is 33.9 Å². The van der Waals surface area contributed by atoms with Gasteiger partial charge in [-0.3, -0.25) is 28.9 Å². The molecule has 3 N–H and O–H groups in total. The monoisotopic (exact) mass is 570 g/mol. The van der Waals surface area contributed by atoms with Gasteiger partial charge in [0.25, 0.3) is 11.8 Å². The molecule has 0 bridgehead atoms. The number of nitrogens with zero attached hydrogens (tertiary/aromatic N) is 2. The number of carboxylic acids is 1. The molecule has 42 heavy (non-hydrogen) atoms. The van der Waals surface area contributed by atoms with E-state index >= 15 is 0 Å². The smallest absolute Gasteiger partial charge is 0.305 e. The van der Waals surface area contributed by atoms with Crippen LogP contribution in [0.4, 0.5) is 11.4 Å². The zero-order valence-electron chi connectivity index (χ0n) is 22.9. The maximum atomic E-state index is 13.9. The van der Waals surface area contributed by atoms with Gasteiger partial charge in [0, 0.05) is 5.56 Å². The lowest BCUT2D eigenvalue weighted by Gasteiger charge is -2.25. The summed E-state index contributed by atoms with van der Waals surface area (Å²) in [6.45, 7) is 1.15. The molecule has 11 nitrogen and oxygen atoms in total. The van der Waals surface area contributed by atoms with E-state index in [1.807, 2.05) is 31.2 Å². The molecular weight excluding hydrogens is 540 g/mol. The van der Waals surface area contributed by atoms with Crippen molar-refractivity contribution >= 4 is 47.3 Å². The second-order valence-electron chi connectivity index (χ2n) is 9.88. The topological polar surface area (TPSA) is 153 Å². The van der Waals surface area contributed by atoms with E-state index < -0.39 is 48.7 Å². The number of hydrogen-bond donors (Lipinski definition) is 3. The number of carbonyl (C=O) groups is 6. The van der Waals surface area contributed by atoms with Crippen LogP contribution in [-0.4, -0.2) is 66.2 Å². The summed E-state index contributed by atoms with van der Waals surface area (Å²) >= 11 is 0. The molecule has 11 heteroatoms. The van der Waals surface area contributed by atoms with Crippen molar-refractivity contribution in [1.82, 2.24) is 10.6 Å². The molecule has 3 aromatic carbocycles. The first kappa shape index (κ1) is 29.7. The summed E-state index contributed by atoms with van der Waals surface area (Å²) in [4.78, 5) is 78.6. The van der Waals surface area contributed by atoms with E-state index in [4.69, 9.17) is 5.11 Å². The third-order valence-electron chi connectivity index (χ3n) is 6.72. The molecule has 4 amide bonds. The fourth-order valence-electron chi connectivity index (χ4n) is 4.62. The number of fused-ring (bicyclic) bond motifs is 1. The molecule has 0 aliphatic carbocycles. The second kappa shape index (κ2) is 13.4. The van der Waals surface area contributed by atoms with Crippen molar-refractivity contribution in [2.75, 3.05) is 22.9 Å². The van der Waals surface area contributed by atoms with Gasteiger partial charge in [-0.1, -0.05) is 60.2 Å². The van der Waals surface area contributed by atoms with Crippen LogP contribution in [0, 0.1) is 6.92 Å². The lowest BCUT2D eigenvalue weighted by molar-refractivity contribution is -0.139. The lowest BCUT2D eigenvalue weighted by Crippen LogP contribution is -2.54. The van der Waals surface area contributed by atoms with Crippen LogP contribution in [0.1, 0.15) is 27.9 Å². The summed E-state index contributed by atoms with van der Waals surface area (Å²) in [5, 5.41) is 14.0. The van der Waals surface area contributed by atoms with Gasteiger partial charge in [0.15, 0.2) is 0 Å². The van der Waals surface area contributed by atoms with Crippen molar-refractivity contribution in [3.05, 3.63) is 95.6 Å². The zero-order chi connectivity index (χ0) is 30.2. The van der Waals surface area contributed by atoms with Crippen molar-refractivity contribution in [3.63, 3.8) is 0 Å². The van der Waals surface area contributed by atoms with E-state index in [1.54, 1.807) is 54.6 Å². The molecule has 0 aromatic heterocycles. The molecule has 2 atom stereocenters. The lowest BCUT2D eigenvalue weighted by atomic mass is 10.1. The van der Waals surface area contributed by atoms with E-state index in [1.165, 1.54) is 4.90 Å². The molecule has 0 saturated heterocycles. The highest BCUT2D eigenvalue weighted by atomic mass is 16.4. The zero-order valence-corrected chi connectivity index (χ0v) is 22.9. The number of carboxylic acid groups (broad SMARTS) is 1. The summed E-state index contributed by atoms with van der Waals surface area (Å²) in [6, 6.07) is 19.7. The van der Waals surface area contributed by atoms with Crippen LogP contribution >= 0.6 is 0 Å². The maximum Gasteiger partial charge on any atom is 0.305 e. The molecule has 1 unspecified atom stereocenters. The second-order valence-corrected chi connectivity index (χ2v) is 9.88. The minimum Gasteiger partial charge on any atom is -0.481 e. The molecule has 216 valence electrons. The minimum atomic E-state index is -1.30. The van der Waals surface area contributed by atoms with Gasteiger partial charge < -0.3 is 25.4 Å². The number of para-hydroxylation sites is 2. The van der Waals surface area contributed by atoms with E-state index in [9.17, 15) is 28.8 Å². The highest BCUT2D eigenvalue weighted by Gasteiger charge is 2.38. The number of carbonyl (C=O) groups excluding carboxylic acids is 5. The predicted molar refractivity (Wildman–Crippen MR) is 154 cm³/mol. The molecule has 1 aliphatic heterocycles. The number of rotatable bonds is 10. The van der Waals surface area contributed by atoms with Crippen LogP contribution in [0.5, 0.6) is 0 Å². The molecule has 3 aromatic rings. The Labute approximate surface area is 242 Å². The standard InChI is InChI=1S/C31H30N4O7/c1-20-11-13-21(14-12-20)15-28(38)34-17-24(33-30(41)22-7-3-2-4-8-22)31(42)35(26-10-6-5-9-25(26)34)18-27(37)32-23(19-36)16-29(39)40/h2-14,19,23-24H,15-18H2,1H3,(H,32,37)(H,33,41)(H,39,40)/t23?,24-/m0/s1. The quantitative estimate of drug-likeness (QED) is 0.315. The van der Waals surface area contributed by atoms with E-state index in [2.05, 4.69) is 10.6 Å². The summed E-state index contributed by atoms with van der Waals surface area (Å²) in [5.74, 6) is -3.60. The minimum absolute atomic E-state index is 0.0266. The number of benzene rings is 3. The number of nitrogens with one attached hydrogen (secondary N) is 2. The fraction of sp³-hybridized carbons (Fsp3) is 0.226. The third-order valence-corrected chi connectivity index (χ3v) is 6.72. The molecule has 4 rings (SSSR count). The average molecular weight is 571 g/mol. The van der Waals surface area contributed by atoms with Gasteiger partial charge in [-0.25, -0.2) is 0 Å². The third kappa shape index (κ3) is 7.25. The Kier molecular flexibility index (Phi) is 9.43. The van der Waals surface area contributed by atoms with Crippen LogP contribution < -0.4 is 20.4 Å². The SMILES string of the molecule is Cc1ccc(CC(=O)N2C[C@H](NC(=O)c3ccccc3)C(=O)N(CC(=O)NC(C=O)CC(=O)O)c3ccccc32)cc1. The van der Waals surface area contributed by atoms with Gasteiger partial charge in [0.05, 0.1) is 36.8 Å². The Morgan fingerprint density at radius 2 is 1.60 bits per heavy atom. The first-order valence-corrected chi connectivity index (χ1v) is 13.2. The van der Waals surface area contributed by atoms with Crippen LogP contribution in [0.25, 0.3) is 0 Å². The summed E-state index contributed by atoms with van der Waals surface area (Å²) < 4.78 is 0.